The number of nitro benzene ring substituents is 1. The van der Waals surface area contributed by atoms with Gasteiger partial charge in [0, 0.05) is 37.6 Å². The molecular weight excluding hydrogens is 260 g/mol. The van der Waals surface area contributed by atoms with Gasteiger partial charge in [0.2, 0.25) is 5.91 Å². The number of nitrogens with zero attached hydrogens (tertiary/aromatic N) is 1. The summed E-state index contributed by atoms with van der Waals surface area (Å²) in [6.07, 6.45) is 1.10. The van der Waals surface area contributed by atoms with E-state index in [-0.39, 0.29) is 23.2 Å². The summed E-state index contributed by atoms with van der Waals surface area (Å²) in [4.78, 5) is 21.7. The average molecular weight is 278 g/mol. The molecule has 0 aromatic heterocycles. The summed E-state index contributed by atoms with van der Waals surface area (Å²) < 4.78 is 5.70. The fourth-order valence-electron chi connectivity index (χ4n) is 2.59. The lowest BCUT2D eigenvalue weighted by molar-refractivity contribution is -0.385. The predicted molar refractivity (Wildman–Crippen MR) is 73.2 cm³/mol. The van der Waals surface area contributed by atoms with Gasteiger partial charge in [0.25, 0.3) is 5.69 Å². The van der Waals surface area contributed by atoms with Gasteiger partial charge in [0.1, 0.15) is 0 Å². The number of rotatable bonds is 3. The zero-order valence-corrected chi connectivity index (χ0v) is 11.6. The molecular formula is C14H18N2O4. The summed E-state index contributed by atoms with van der Waals surface area (Å²) in [6, 6.07) is 6.46. The molecule has 2 atom stereocenters. The summed E-state index contributed by atoms with van der Waals surface area (Å²) in [7, 11) is 0. The van der Waals surface area contributed by atoms with Crippen molar-refractivity contribution in [2.45, 2.75) is 38.3 Å². The van der Waals surface area contributed by atoms with Gasteiger partial charge in [-0.3, -0.25) is 14.9 Å². The number of amides is 1. The van der Waals surface area contributed by atoms with E-state index in [0.29, 0.717) is 13.0 Å². The van der Waals surface area contributed by atoms with Crippen LogP contribution in [-0.4, -0.2) is 23.0 Å². The van der Waals surface area contributed by atoms with Gasteiger partial charge in [-0.1, -0.05) is 12.1 Å². The Morgan fingerprint density at radius 1 is 1.55 bits per heavy atom. The average Bonchev–Trinajstić information content (AvgIpc) is 2.37. The van der Waals surface area contributed by atoms with Crippen LogP contribution in [0.25, 0.3) is 0 Å². The fraction of sp³-hybridized carbons (Fsp3) is 0.500. The molecule has 0 unspecified atom stereocenters. The van der Waals surface area contributed by atoms with Crippen molar-refractivity contribution in [1.82, 2.24) is 5.32 Å². The standard InChI is InChI=1S/C14H18N2O4/c1-10(17)15-14(2)6-7-20-13(9-14)11-4-3-5-12(8-11)16(18)19/h3-5,8,13H,6-7,9H2,1-2H3,(H,15,17)/t13-,14-/m1/s1. The first-order valence-corrected chi connectivity index (χ1v) is 6.54. The number of carbonyl (C=O) groups excluding carboxylic acids is 1. The minimum absolute atomic E-state index is 0.0536. The number of carbonyl (C=O) groups is 1. The summed E-state index contributed by atoms with van der Waals surface area (Å²) in [5.74, 6) is -0.0767. The molecule has 1 amide bonds. The molecule has 1 aromatic rings. The molecule has 20 heavy (non-hydrogen) atoms. The van der Waals surface area contributed by atoms with Crippen LogP contribution in [0.2, 0.25) is 0 Å². The third-order valence-corrected chi connectivity index (χ3v) is 3.54. The van der Waals surface area contributed by atoms with E-state index >= 15 is 0 Å². The van der Waals surface area contributed by atoms with Crippen molar-refractivity contribution in [3.63, 3.8) is 0 Å². The van der Waals surface area contributed by atoms with E-state index in [9.17, 15) is 14.9 Å². The highest BCUT2D eigenvalue weighted by Crippen LogP contribution is 2.35. The van der Waals surface area contributed by atoms with Crippen molar-refractivity contribution in [2.75, 3.05) is 6.61 Å². The molecule has 6 nitrogen and oxygen atoms in total. The first kappa shape index (κ1) is 14.5. The van der Waals surface area contributed by atoms with Crippen molar-refractivity contribution >= 4 is 11.6 Å². The van der Waals surface area contributed by atoms with E-state index in [4.69, 9.17) is 4.74 Å². The lowest BCUT2D eigenvalue weighted by Gasteiger charge is -2.38. The zero-order valence-electron chi connectivity index (χ0n) is 11.6. The summed E-state index contributed by atoms with van der Waals surface area (Å²) >= 11 is 0. The van der Waals surface area contributed by atoms with Crippen molar-refractivity contribution in [2.24, 2.45) is 0 Å². The second-order valence-corrected chi connectivity index (χ2v) is 5.41. The van der Waals surface area contributed by atoms with Crippen molar-refractivity contribution < 1.29 is 14.5 Å². The Kier molecular flexibility index (Phi) is 4.04. The molecule has 108 valence electrons. The van der Waals surface area contributed by atoms with Gasteiger partial charge in [-0.2, -0.15) is 0 Å². The molecule has 1 fully saturated rings. The van der Waals surface area contributed by atoms with Gasteiger partial charge in [-0.15, -0.1) is 0 Å². The van der Waals surface area contributed by atoms with Crippen LogP contribution in [0.1, 0.15) is 38.4 Å². The summed E-state index contributed by atoms with van der Waals surface area (Å²) in [6.45, 7) is 3.98. The molecule has 1 aliphatic rings. The molecule has 1 aliphatic heterocycles. The Bertz CT molecular complexity index is 532. The minimum atomic E-state index is -0.417. The highest BCUT2D eigenvalue weighted by molar-refractivity contribution is 5.73. The Balaban J connectivity index is 2.18. The topological polar surface area (TPSA) is 81.5 Å². The molecule has 1 N–H and O–H groups in total. The Morgan fingerprint density at radius 3 is 2.95 bits per heavy atom. The highest BCUT2D eigenvalue weighted by Gasteiger charge is 2.34. The van der Waals surface area contributed by atoms with E-state index in [1.165, 1.54) is 19.1 Å². The monoisotopic (exact) mass is 278 g/mol. The van der Waals surface area contributed by atoms with Gasteiger partial charge in [-0.25, -0.2) is 0 Å². The second kappa shape index (κ2) is 5.58. The molecule has 2 rings (SSSR count). The Labute approximate surface area is 117 Å². The maximum atomic E-state index is 11.3. The van der Waals surface area contributed by atoms with Crippen LogP contribution in [-0.2, 0) is 9.53 Å². The van der Waals surface area contributed by atoms with Crippen LogP contribution in [0.4, 0.5) is 5.69 Å². The Morgan fingerprint density at radius 2 is 2.30 bits per heavy atom. The smallest absolute Gasteiger partial charge is 0.269 e. The van der Waals surface area contributed by atoms with E-state index < -0.39 is 4.92 Å². The van der Waals surface area contributed by atoms with Gasteiger partial charge in [-0.05, 0) is 18.9 Å². The lowest BCUT2D eigenvalue weighted by Crippen LogP contribution is -2.49. The third kappa shape index (κ3) is 3.33. The lowest BCUT2D eigenvalue weighted by atomic mass is 9.86. The van der Waals surface area contributed by atoms with Crippen molar-refractivity contribution in [3.05, 3.63) is 39.9 Å². The largest absolute Gasteiger partial charge is 0.373 e. The minimum Gasteiger partial charge on any atom is -0.373 e. The number of hydrogen-bond donors (Lipinski definition) is 1. The number of ether oxygens (including phenoxy) is 1. The number of nitrogens with one attached hydrogen (secondary N) is 1. The fourth-order valence-corrected chi connectivity index (χ4v) is 2.59. The summed E-state index contributed by atoms with van der Waals surface area (Å²) in [5.41, 5.74) is 0.493. The molecule has 0 radical (unpaired) electrons. The molecule has 0 bridgehead atoms. The number of benzene rings is 1. The van der Waals surface area contributed by atoms with E-state index in [1.54, 1.807) is 6.07 Å². The summed E-state index contributed by atoms with van der Waals surface area (Å²) in [5, 5.41) is 13.8. The van der Waals surface area contributed by atoms with E-state index in [1.807, 2.05) is 13.0 Å². The number of hydrogen-bond acceptors (Lipinski definition) is 4. The van der Waals surface area contributed by atoms with Crippen LogP contribution in [0.15, 0.2) is 24.3 Å². The van der Waals surface area contributed by atoms with Gasteiger partial charge in [0.15, 0.2) is 0 Å². The molecule has 0 saturated carbocycles. The van der Waals surface area contributed by atoms with E-state index in [0.717, 1.165) is 12.0 Å². The maximum Gasteiger partial charge on any atom is 0.269 e. The van der Waals surface area contributed by atoms with Crippen LogP contribution in [0, 0.1) is 10.1 Å². The highest BCUT2D eigenvalue weighted by atomic mass is 16.6. The van der Waals surface area contributed by atoms with Crippen molar-refractivity contribution in [1.29, 1.82) is 0 Å². The van der Waals surface area contributed by atoms with Crippen molar-refractivity contribution in [3.8, 4) is 0 Å². The van der Waals surface area contributed by atoms with Crippen LogP contribution in [0.5, 0.6) is 0 Å². The van der Waals surface area contributed by atoms with Crippen LogP contribution >= 0.6 is 0 Å². The van der Waals surface area contributed by atoms with Crippen LogP contribution < -0.4 is 5.32 Å². The SMILES string of the molecule is CC(=O)N[C@]1(C)CCO[C@@H](c2cccc([N+](=O)[O-])c2)C1. The molecule has 1 saturated heterocycles. The van der Waals surface area contributed by atoms with Gasteiger partial charge < -0.3 is 10.1 Å². The van der Waals surface area contributed by atoms with Gasteiger partial charge >= 0.3 is 0 Å². The first-order chi connectivity index (χ1) is 9.39. The number of nitro groups is 1. The van der Waals surface area contributed by atoms with E-state index in [2.05, 4.69) is 5.32 Å². The van der Waals surface area contributed by atoms with Gasteiger partial charge in [0.05, 0.1) is 11.0 Å². The normalized spacial score (nSPS) is 26.0. The van der Waals surface area contributed by atoms with Crippen LogP contribution in [0.3, 0.4) is 0 Å². The predicted octanol–water partition coefficient (Wildman–Crippen LogP) is 2.34. The number of non-ortho nitro benzene ring substituents is 1. The Hall–Kier alpha value is -1.95. The molecule has 1 aromatic carbocycles. The third-order valence-electron chi connectivity index (χ3n) is 3.54. The molecule has 1 heterocycles. The molecule has 0 aliphatic carbocycles. The maximum absolute atomic E-state index is 11.3. The molecule has 6 heteroatoms. The molecule has 0 spiro atoms. The quantitative estimate of drug-likeness (QED) is 0.679. The zero-order chi connectivity index (χ0) is 14.8. The second-order valence-electron chi connectivity index (χ2n) is 5.41. The first-order valence-electron chi connectivity index (χ1n) is 6.54.